The molecular formula is C35H46N6O6. The van der Waals surface area contributed by atoms with Gasteiger partial charge in [0.15, 0.2) is 2.82 Å². The van der Waals surface area contributed by atoms with Crippen molar-refractivity contribution >= 4 is 35.4 Å². The lowest BCUT2D eigenvalue weighted by atomic mass is 9.96. The van der Waals surface area contributed by atoms with Gasteiger partial charge in [0.25, 0.3) is 0 Å². The Kier molecular flexibility index (Phi) is 11.1. The first-order valence-corrected chi connectivity index (χ1v) is 16.3. The van der Waals surface area contributed by atoms with E-state index in [4.69, 9.17) is 2.82 Å². The largest absolute Gasteiger partial charge is 0.343 e. The molecule has 12 heteroatoms. The van der Waals surface area contributed by atoms with Crippen molar-refractivity contribution in [3.8, 4) is 0 Å². The molecule has 252 valence electrons. The Morgan fingerprint density at radius 2 is 1.30 bits per heavy atom. The molecule has 0 radical (unpaired) electrons. The summed E-state index contributed by atoms with van der Waals surface area (Å²) in [5, 5.41) is 9.02. The molecule has 2 aliphatic heterocycles. The van der Waals surface area contributed by atoms with Crippen LogP contribution in [0.15, 0.2) is 60.7 Å². The van der Waals surface area contributed by atoms with E-state index >= 15 is 0 Å². The van der Waals surface area contributed by atoms with Crippen molar-refractivity contribution in [2.24, 2.45) is 5.92 Å². The van der Waals surface area contributed by atoms with Crippen molar-refractivity contribution in [2.75, 3.05) is 6.54 Å². The third kappa shape index (κ3) is 9.17. The van der Waals surface area contributed by atoms with E-state index in [0.717, 1.165) is 5.56 Å². The Morgan fingerprint density at radius 1 is 0.723 bits per heavy atom. The van der Waals surface area contributed by atoms with Crippen LogP contribution in [-0.2, 0) is 41.6 Å². The summed E-state index contributed by atoms with van der Waals surface area (Å²) in [7, 11) is 0. The van der Waals surface area contributed by atoms with Crippen LogP contribution in [0.25, 0.3) is 0 Å². The standard InChI is InChI=1S/C35H46N6O6/c1-5-21(2)29-34(46)37-22(3)30(42)36-23(4)31(43)39-27(20-25-15-10-7-11-16-25)35(47)41-18-12-17-28(41)33(45)38-26(32(44)40-29)19-24-13-8-6-9-14-24/h6-11,13-16,21-23,26-29H,5,12,17-20H2,1-4H3,(H,36,42)(H,37,46)(H,38,45)(H,39,43)(H,40,44)/t21-,22-,23-,26+,27-,28-,29-/m0/s1/i/hD2. The van der Waals surface area contributed by atoms with Crippen molar-refractivity contribution in [1.29, 1.82) is 0 Å². The first-order chi connectivity index (χ1) is 23.3. The highest BCUT2D eigenvalue weighted by atomic mass is 16.2. The molecule has 2 aromatic rings. The molecule has 2 heterocycles. The lowest BCUT2D eigenvalue weighted by Crippen LogP contribution is -2.61. The highest BCUT2D eigenvalue weighted by Gasteiger charge is 2.40. The van der Waals surface area contributed by atoms with Crippen molar-refractivity contribution in [3.63, 3.8) is 0 Å². The van der Waals surface area contributed by atoms with Gasteiger partial charge in [-0.15, -0.1) is 0 Å². The summed E-state index contributed by atoms with van der Waals surface area (Å²) in [6, 6.07) is 10.6. The lowest BCUT2D eigenvalue weighted by Gasteiger charge is -2.32. The maximum Gasteiger partial charge on any atom is 0.246 e. The fourth-order valence-electron chi connectivity index (χ4n) is 5.78. The third-order valence-corrected chi connectivity index (χ3v) is 8.78. The topological polar surface area (TPSA) is 166 Å². The summed E-state index contributed by atoms with van der Waals surface area (Å²) in [6.07, 6.45) is 1.31. The Bertz CT molecular complexity index is 1510. The van der Waals surface area contributed by atoms with Crippen LogP contribution >= 0.6 is 0 Å². The smallest absolute Gasteiger partial charge is 0.246 e. The maximum absolute atomic E-state index is 14.1. The normalized spacial score (nSPS) is 28.3. The quantitative estimate of drug-likeness (QED) is 0.313. The van der Waals surface area contributed by atoms with Gasteiger partial charge in [-0.1, -0.05) is 80.9 Å². The van der Waals surface area contributed by atoms with Crippen LogP contribution in [0.1, 0.15) is 58.1 Å². The Balaban J connectivity index is 1.76. The van der Waals surface area contributed by atoms with Gasteiger partial charge < -0.3 is 31.5 Å². The Labute approximate surface area is 278 Å². The molecule has 2 aromatic carbocycles. The van der Waals surface area contributed by atoms with Crippen LogP contribution in [0.2, 0.25) is 2.82 Å². The van der Waals surface area contributed by atoms with Gasteiger partial charge in [-0.3, -0.25) is 28.8 Å². The first kappa shape index (κ1) is 32.2. The Morgan fingerprint density at radius 3 is 1.89 bits per heavy atom. The van der Waals surface area contributed by atoms with E-state index in [0.29, 0.717) is 35.4 Å². The number of rotatable bonds is 6. The van der Waals surface area contributed by atoms with Crippen molar-refractivity contribution in [3.05, 3.63) is 71.8 Å². The van der Waals surface area contributed by atoms with Crippen LogP contribution in [-0.4, -0.2) is 83.1 Å². The van der Waals surface area contributed by atoms with Gasteiger partial charge >= 0.3 is 0 Å². The number of benzene rings is 2. The number of nitrogens with one attached hydrogen (secondary N) is 5. The second-order valence-electron chi connectivity index (χ2n) is 12.4. The SMILES string of the molecule is [2H]N1C(=O)[C@@H](Cc2ccccc2)NC(=O)[C@@H]2CCCN2C(=O)[C@H](Cc2ccccc2)NC(=O)[C@H](C)N([2H])C(=O)[C@H](C)NC(=O)[C@@H]1[C@@H](C)CC. The molecule has 2 aliphatic rings. The molecule has 2 fully saturated rings. The van der Waals surface area contributed by atoms with Crippen LogP contribution in [0, 0.1) is 5.92 Å². The van der Waals surface area contributed by atoms with Gasteiger partial charge in [-0.05, 0) is 43.7 Å². The molecule has 6 amide bonds. The van der Waals surface area contributed by atoms with Crippen molar-refractivity contribution in [1.82, 2.24) is 31.5 Å². The van der Waals surface area contributed by atoms with Crippen molar-refractivity contribution < 1.29 is 31.6 Å². The number of hydrogen-bond donors (Lipinski definition) is 5. The molecule has 0 aromatic heterocycles. The summed E-state index contributed by atoms with van der Waals surface area (Å²) >= 11 is 0. The number of fused-ring (bicyclic) bond motifs is 1. The minimum absolute atomic E-state index is 0.0174. The van der Waals surface area contributed by atoms with Crippen LogP contribution < -0.4 is 26.6 Å². The average Bonchev–Trinajstić information content (AvgIpc) is 3.60. The van der Waals surface area contributed by atoms with Crippen LogP contribution in [0.5, 0.6) is 0 Å². The zero-order valence-electron chi connectivity index (χ0n) is 29.3. The second kappa shape index (κ2) is 16.2. The van der Waals surface area contributed by atoms with Gasteiger partial charge in [0.2, 0.25) is 35.4 Å². The monoisotopic (exact) mass is 648 g/mol. The molecule has 0 aliphatic carbocycles. The highest BCUT2D eigenvalue weighted by Crippen LogP contribution is 2.21. The Hall–Kier alpha value is -4.74. The summed E-state index contributed by atoms with van der Waals surface area (Å²) < 4.78 is 17.3. The van der Waals surface area contributed by atoms with E-state index in [1.807, 2.05) is 12.1 Å². The van der Waals surface area contributed by atoms with E-state index in [1.165, 1.54) is 18.7 Å². The predicted octanol–water partition coefficient (Wildman–Crippen LogP) is 0.986. The molecule has 12 nitrogen and oxygen atoms in total. The lowest BCUT2D eigenvalue weighted by molar-refractivity contribution is -0.142. The molecule has 47 heavy (non-hydrogen) atoms. The number of carbonyl (C=O) groups is 6. The fourth-order valence-corrected chi connectivity index (χ4v) is 5.78. The minimum Gasteiger partial charge on any atom is -0.343 e. The molecule has 7 atom stereocenters. The van der Waals surface area contributed by atoms with Gasteiger partial charge in [0.1, 0.15) is 36.3 Å². The molecule has 2 saturated heterocycles. The molecule has 0 unspecified atom stereocenters. The number of nitrogens with zero attached hydrogens (tertiary/aromatic N) is 1. The third-order valence-electron chi connectivity index (χ3n) is 8.78. The fraction of sp³-hybridized carbons (Fsp3) is 0.486. The number of hydrogen-bond acceptors (Lipinski definition) is 6. The minimum atomic E-state index is -1.35. The van der Waals surface area contributed by atoms with E-state index in [2.05, 4.69) is 16.0 Å². The first-order valence-electron chi connectivity index (χ1n) is 17.2. The number of amides is 6. The van der Waals surface area contributed by atoms with E-state index in [9.17, 15) is 28.8 Å². The average molecular weight is 649 g/mol. The van der Waals surface area contributed by atoms with E-state index in [-0.39, 0.29) is 19.4 Å². The molecule has 4 rings (SSSR count). The summed E-state index contributed by atoms with van der Waals surface area (Å²) in [5.74, 6) is -4.92. The molecule has 0 bridgehead atoms. The van der Waals surface area contributed by atoms with E-state index < -0.39 is 77.6 Å². The predicted molar refractivity (Wildman–Crippen MR) is 175 cm³/mol. The van der Waals surface area contributed by atoms with E-state index in [1.54, 1.807) is 62.4 Å². The second-order valence-corrected chi connectivity index (χ2v) is 12.4. The maximum atomic E-state index is 14.1. The number of carbonyl (C=O) groups excluding carboxylic acids is 6. The van der Waals surface area contributed by atoms with Gasteiger partial charge in [-0.2, -0.15) is 0 Å². The molecule has 0 spiro atoms. The molecular weight excluding hydrogens is 600 g/mol. The molecule has 5 N–H and O–H groups in total. The summed E-state index contributed by atoms with van der Waals surface area (Å²) in [5.41, 5.74) is 1.45. The zero-order chi connectivity index (χ0) is 35.8. The summed E-state index contributed by atoms with van der Waals surface area (Å²) in [6.45, 7) is 6.40. The summed E-state index contributed by atoms with van der Waals surface area (Å²) in [4.78, 5) is 84.0. The van der Waals surface area contributed by atoms with Gasteiger partial charge in [0, 0.05) is 19.4 Å². The van der Waals surface area contributed by atoms with Crippen LogP contribution in [0.4, 0.5) is 0 Å². The molecule has 0 saturated carbocycles. The van der Waals surface area contributed by atoms with Crippen molar-refractivity contribution in [2.45, 2.75) is 96.1 Å². The highest BCUT2D eigenvalue weighted by molar-refractivity contribution is 5.98. The zero-order valence-corrected chi connectivity index (χ0v) is 27.3. The van der Waals surface area contributed by atoms with Crippen LogP contribution in [0.3, 0.4) is 0 Å². The van der Waals surface area contributed by atoms with Gasteiger partial charge in [0.05, 0.1) is 0 Å². The van der Waals surface area contributed by atoms with Gasteiger partial charge in [-0.25, -0.2) is 0 Å².